The van der Waals surface area contributed by atoms with E-state index in [1.165, 1.54) is 0 Å². The molecule has 98 valence electrons. The number of anilines is 1. The van der Waals surface area contributed by atoms with Crippen LogP contribution in [0.1, 0.15) is 6.92 Å². The van der Waals surface area contributed by atoms with Gasteiger partial charge >= 0.3 is 5.97 Å². The van der Waals surface area contributed by atoms with Crippen LogP contribution in [-0.4, -0.2) is 35.3 Å². The minimum Gasteiger partial charge on any atom is -0.464 e. The Morgan fingerprint density at radius 2 is 2.33 bits per heavy atom. The highest BCUT2D eigenvalue weighted by Gasteiger charge is 2.26. The van der Waals surface area contributed by atoms with Gasteiger partial charge in [-0.25, -0.2) is 10.2 Å². The first-order chi connectivity index (χ1) is 8.69. The number of ketones is 1. The van der Waals surface area contributed by atoms with Gasteiger partial charge in [-0.05, 0) is 19.1 Å². The quantitative estimate of drug-likeness (QED) is 0.329. The van der Waals surface area contributed by atoms with Crippen molar-refractivity contribution < 1.29 is 14.3 Å². The number of esters is 1. The maximum atomic E-state index is 11.5. The number of nitrogens with zero attached hydrogens (tertiary/aromatic N) is 1. The van der Waals surface area contributed by atoms with Crippen molar-refractivity contribution in [3.05, 3.63) is 24.5 Å². The molecule has 1 aromatic heterocycles. The molecule has 0 saturated heterocycles. The van der Waals surface area contributed by atoms with E-state index in [-0.39, 0.29) is 12.5 Å². The van der Waals surface area contributed by atoms with Crippen molar-refractivity contribution in [2.75, 3.05) is 17.9 Å². The minimum atomic E-state index is -1.14. The highest BCUT2D eigenvalue weighted by Crippen LogP contribution is 2.02. The molecule has 0 radical (unpaired) electrons. The van der Waals surface area contributed by atoms with E-state index in [2.05, 4.69) is 15.8 Å². The standard InChI is InChI=1S/C11H14ClN3O3/c1-2-18-11(17)10(9(16)6-12)15-14-8-4-3-5-13-7-8/h3-5,7,10,14-15H,2,6H2,1H3. The first kappa shape index (κ1) is 14.4. The van der Waals surface area contributed by atoms with E-state index in [1.807, 2.05) is 0 Å². The molecular weight excluding hydrogens is 258 g/mol. The second-order valence-electron chi connectivity index (χ2n) is 3.30. The highest BCUT2D eigenvalue weighted by atomic mass is 35.5. The van der Waals surface area contributed by atoms with Crippen LogP contribution in [0.5, 0.6) is 0 Å². The molecule has 0 aliphatic rings. The Kier molecular flexibility index (Phi) is 6.10. The zero-order chi connectivity index (χ0) is 13.4. The van der Waals surface area contributed by atoms with Crippen molar-refractivity contribution in [3.63, 3.8) is 0 Å². The third-order valence-corrected chi connectivity index (χ3v) is 2.26. The molecule has 1 aromatic rings. The Morgan fingerprint density at radius 3 is 2.89 bits per heavy atom. The monoisotopic (exact) mass is 271 g/mol. The van der Waals surface area contributed by atoms with Crippen LogP contribution < -0.4 is 10.9 Å². The minimum absolute atomic E-state index is 0.194. The predicted molar refractivity (Wildman–Crippen MR) is 67.1 cm³/mol. The molecule has 0 aromatic carbocycles. The van der Waals surface area contributed by atoms with Gasteiger partial charge in [-0.2, -0.15) is 0 Å². The molecule has 0 spiro atoms. The van der Waals surface area contributed by atoms with Gasteiger partial charge in [0.2, 0.25) is 0 Å². The number of hydrogen-bond donors (Lipinski definition) is 2. The lowest BCUT2D eigenvalue weighted by atomic mass is 10.2. The van der Waals surface area contributed by atoms with Crippen molar-refractivity contribution in [1.29, 1.82) is 0 Å². The van der Waals surface area contributed by atoms with Crippen molar-refractivity contribution >= 4 is 29.0 Å². The van der Waals surface area contributed by atoms with E-state index in [9.17, 15) is 9.59 Å². The average Bonchev–Trinajstić information content (AvgIpc) is 2.40. The van der Waals surface area contributed by atoms with Crippen LogP contribution in [0.4, 0.5) is 5.69 Å². The number of carbonyl (C=O) groups is 2. The summed E-state index contributed by atoms with van der Waals surface area (Å²) in [6.07, 6.45) is 3.15. The molecule has 1 rings (SSSR count). The van der Waals surface area contributed by atoms with Gasteiger partial charge in [0, 0.05) is 6.20 Å². The maximum Gasteiger partial charge on any atom is 0.332 e. The lowest BCUT2D eigenvalue weighted by Gasteiger charge is -2.16. The third kappa shape index (κ3) is 4.31. The van der Waals surface area contributed by atoms with Crippen LogP contribution in [0.25, 0.3) is 0 Å². The molecule has 1 heterocycles. The van der Waals surface area contributed by atoms with Crippen molar-refractivity contribution in [3.8, 4) is 0 Å². The number of Topliss-reactive ketones (excluding diaryl/α,β-unsaturated/α-hetero) is 1. The smallest absolute Gasteiger partial charge is 0.332 e. The maximum absolute atomic E-state index is 11.5. The van der Waals surface area contributed by atoms with Gasteiger partial charge in [-0.3, -0.25) is 9.78 Å². The van der Waals surface area contributed by atoms with Gasteiger partial charge in [0.25, 0.3) is 0 Å². The predicted octanol–water partition coefficient (Wildman–Crippen LogP) is 0.738. The first-order valence-electron chi connectivity index (χ1n) is 5.36. The Balaban J connectivity index is 2.62. The number of nitrogens with one attached hydrogen (secondary N) is 2. The Bertz CT molecular complexity index is 400. The Morgan fingerprint density at radius 1 is 1.56 bits per heavy atom. The summed E-state index contributed by atoms with van der Waals surface area (Å²) in [5.74, 6) is -1.41. The molecule has 6 nitrogen and oxygen atoms in total. The van der Waals surface area contributed by atoms with Crippen LogP contribution in [-0.2, 0) is 14.3 Å². The van der Waals surface area contributed by atoms with Gasteiger partial charge < -0.3 is 10.2 Å². The summed E-state index contributed by atoms with van der Waals surface area (Å²) >= 11 is 5.44. The fraction of sp³-hybridized carbons (Fsp3) is 0.364. The number of halogens is 1. The fourth-order valence-electron chi connectivity index (χ4n) is 1.17. The zero-order valence-corrected chi connectivity index (χ0v) is 10.6. The van der Waals surface area contributed by atoms with Gasteiger partial charge in [-0.15, -0.1) is 11.6 Å². The third-order valence-electron chi connectivity index (χ3n) is 2.00. The zero-order valence-electron chi connectivity index (χ0n) is 9.85. The van der Waals surface area contributed by atoms with E-state index in [0.29, 0.717) is 5.69 Å². The van der Waals surface area contributed by atoms with Crippen LogP contribution in [0, 0.1) is 0 Å². The lowest BCUT2D eigenvalue weighted by molar-refractivity contribution is -0.148. The number of hydrazine groups is 1. The number of ether oxygens (including phenoxy) is 1. The van der Waals surface area contributed by atoms with Crippen LogP contribution in [0.3, 0.4) is 0 Å². The number of alkyl halides is 1. The molecule has 0 aliphatic carbocycles. The van der Waals surface area contributed by atoms with E-state index < -0.39 is 17.8 Å². The van der Waals surface area contributed by atoms with Crippen molar-refractivity contribution in [1.82, 2.24) is 10.4 Å². The molecule has 0 saturated carbocycles. The molecular formula is C11H14ClN3O3. The first-order valence-corrected chi connectivity index (χ1v) is 5.89. The summed E-state index contributed by atoms with van der Waals surface area (Å²) in [4.78, 5) is 26.9. The topological polar surface area (TPSA) is 80.3 Å². The second kappa shape index (κ2) is 7.62. The van der Waals surface area contributed by atoms with Crippen LogP contribution in [0.15, 0.2) is 24.5 Å². The normalized spacial score (nSPS) is 11.7. The Hall–Kier alpha value is -1.66. The van der Waals surface area contributed by atoms with Crippen LogP contribution in [0.2, 0.25) is 0 Å². The molecule has 0 amide bonds. The number of pyridine rings is 1. The van der Waals surface area contributed by atoms with E-state index in [0.717, 1.165) is 0 Å². The molecule has 18 heavy (non-hydrogen) atoms. The Labute approximate surface area is 110 Å². The largest absolute Gasteiger partial charge is 0.464 e. The molecule has 1 atom stereocenters. The summed E-state index contributed by atoms with van der Waals surface area (Å²) in [5, 5.41) is 0. The molecule has 0 fully saturated rings. The highest BCUT2D eigenvalue weighted by molar-refractivity contribution is 6.30. The SMILES string of the molecule is CCOC(=O)C(NNc1cccnc1)C(=O)CCl. The number of carbonyl (C=O) groups excluding carboxylic acids is 2. The van der Waals surface area contributed by atoms with Gasteiger partial charge in [0.15, 0.2) is 11.8 Å². The molecule has 1 unspecified atom stereocenters. The summed E-state index contributed by atoms with van der Waals surface area (Å²) in [6, 6.07) is 2.31. The van der Waals surface area contributed by atoms with E-state index in [4.69, 9.17) is 16.3 Å². The van der Waals surface area contributed by atoms with E-state index >= 15 is 0 Å². The summed E-state index contributed by atoms with van der Waals surface area (Å²) in [6.45, 7) is 1.86. The molecule has 7 heteroatoms. The fourth-order valence-corrected chi connectivity index (χ4v) is 1.32. The number of rotatable bonds is 7. The molecule has 2 N–H and O–H groups in total. The lowest BCUT2D eigenvalue weighted by Crippen LogP contribution is -2.47. The van der Waals surface area contributed by atoms with Crippen molar-refractivity contribution in [2.45, 2.75) is 13.0 Å². The van der Waals surface area contributed by atoms with E-state index in [1.54, 1.807) is 31.5 Å². The molecule has 0 bridgehead atoms. The summed E-state index contributed by atoms with van der Waals surface area (Å²) < 4.78 is 4.78. The number of hydrogen-bond acceptors (Lipinski definition) is 6. The van der Waals surface area contributed by atoms with Crippen molar-refractivity contribution in [2.24, 2.45) is 0 Å². The summed E-state index contributed by atoms with van der Waals surface area (Å²) in [7, 11) is 0. The van der Waals surface area contributed by atoms with Gasteiger partial charge in [-0.1, -0.05) is 0 Å². The average molecular weight is 272 g/mol. The summed E-state index contributed by atoms with van der Waals surface area (Å²) in [5.41, 5.74) is 5.90. The molecule has 0 aliphatic heterocycles. The van der Waals surface area contributed by atoms with Crippen LogP contribution >= 0.6 is 11.6 Å². The second-order valence-corrected chi connectivity index (χ2v) is 3.56. The number of aromatic nitrogens is 1. The van der Waals surface area contributed by atoms with Gasteiger partial charge in [0.05, 0.1) is 24.4 Å². The van der Waals surface area contributed by atoms with Gasteiger partial charge in [0.1, 0.15) is 0 Å².